The largest absolute Gasteiger partial charge is 0.475 e. The van der Waals surface area contributed by atoms with Gasteiger partial charge in [-0.05, 0) is 43.0 Å². The summed E-state index contributed by atoms with van der Waals surface area (Å²) in [6, 6.07) is 10.4. The van der Waals surface area contributed by atoms with Crippen LogP contribution in [0, 0.1) is 5.92 Å². The number of carboxylic acid groups (broad SMARTS) is 1. The Labute approximate surface area is 161 Å². The lowest BCUT2D eigenvalue weighted by Crippen LogP contribution is -2.14. The first kappa shape index (κ1) is 18.2. The van der Waals surface area contributed by atoms with E-state index < -0.39 is 17.7 Å². The smallest absolute Gasteiger partial charge is 0.377 e. The first-order valence-electron chi connectivity index (χ1n) is 9.60. The third kappa shape index (κ3) is 2.95. The molecule has 6 nitrogen and oxygen atoms in total. The molecule has 1 amide bonds. The zero-order valence-corrected chi connectivity index (χ0v) is 15.5. The number of Topliss-reactive ketones (excluding diaryl/α,β-unsaturated/α-hetero) is 1. The second-order valence-corrected chi connectivity index (χ2v) is 7.51. The van der Waals surface area contributed by atoms with Crippen LogP contribution in [0.4, 0.5) is 0 Å². The summed E-state index contributed by atoms with van der Waals surface area (Å²) in [5.41, 5.74) is 7.56. The monoisotopic (exact) mass is 378 g/mol. The number of carbonyl (C=O) groups is 3. The third-order valence-corrected chi connectivity index (χ3v) is 5.79. The number of primary amides is 1. The maximum atomic E-state index is 12.4. The average Bonchev–Trinajstić information content (AvgIpc) is 3.02. The Hall–Kier alpha value is -3.15. The van der Waals surface area contributed by atoms with Gasteiger partial charge in [-0.1, -0.05) is 31.4 Å². The molecule has 1 aromatic heterocycles. The molecule has 0 spiro atoms. The van der Waals surface area contributed by atoms with Crippen molar-refractivity contribution in [1.82, 2.24) is 4.57 Å². The Balaban J connectivity index is 2.04. The van der Waals surface area contributed by atoms with Crippen molar-refractivity contribution in [3.05, 3.63) is 47.5 Å². The molecule has 6 heteroatoms. The van der Waals surface area contributed by atoms with Gasteiger partial charge >= 0.3 is 5.97 Å². The minimum atomic E-state index is -1.52. The molecule has 3 aromatic rings. The van der Waals surface area contributed by atoms with E-state index in [1.54, 1.807) is 18.2 Å². The number of aliphatic carboxylic acids is 1. The molecule has 0 bridgehead atoms. The molecule has 3 N–H and O–H groups in total. The first-order valence-corrected chi connectivity index (χ1v) is 9.60. The molecule has 1 fully saturated rings. The van der Waals surface area contributed by atoms with Crippen molar-refractivity contribution in [3.8, 4) is 0 Å². The van der Waals surface area contributed by atoms with Gasteiger partial charge in [0.05, 0.1) is 0 Å². The van der Waals surface area contributed by atoms with Crippen LogP contribution in [0.3, 0.4) is 0 Å². The van der Waals surface area contributed by atoms with Crippen molar-refractivity contribution in [2.45, 2.75) is 38.6 Å². The van der Waals surface area contributed by atoms with Gasteiger partial charge in [0.2, 0.25) is 5.91 Å². The van der Waals surface area contributed by atoms with Crippen LogP contribution in [-0.4, -0.2) is 27.3 Å². The van der Waals surface area contributed by atoms with E-state index in [0.717, 1.165) is 30.4 Å². The van der Waals surface area contributed by atoms with E-state index in [2.05, 4.69) is 4.57 Å². The van der Waals surface area contributed by atoms with E-state index in [-0.39, 0.29) is 5.56 Å². The van der Waals surface area contributed by atoms with Crippen LogP contribution in [0.15, 0.2) is 36.4 Å². The maximum Gasteiger partial charge on any atom is 0.377 e. The SMILES string of the molecule is NC(=O)c1cccc2c1c1c(C(=O)C(=O)O)cccc1n2CC1CCCCC1. The molecule has 1 heterocycles. The van der Waals surface area contributed by atoms with Crippen molar-refractivity contribution in [1.29, 1.82) is 0 Å². The number of hydrogen-bond acceptors (Lipinski definition) is 3. The Bertz CT molecular complexity index is 1110. The average molecular weight is 378 g/mol. The molecule has 144 valence electrons. The number of nitrogens with zero attached hydrogens (tertiary/aromatic N) is 1. The highest BCUT2D eigenvalue weighted by atomic mass is 16.4. The zero-order valence-electron chi connectivity index (χ0n) is 15.5. The molecule has 0 unspecified atom stereocenters. The summed E-state index contributed by atoms with van der Waals surface area (Å²) in [7, 11) is 0. The van der Waals surface area contributed by atoms with Crippen LogP contribution in [0.1, 0.15) is 52.8 Å². The number of rotatable bonds is 5. The predicted octanol–water partition coefficient (Wildman–Crippen LogP) is 3.74. The van der Waals surface area contributed by atoms with Gasteiger partial charge in [0.1, 0.15) is 0 Å². The number of fused-ring (bicyclic) bond motifs is 3. The van der Waals surface area contributed by atoms with Crippen LogP contribution in [-0.2, 0) is 11.3 Å². The van der Waals surface area contributed by atoms with E-state index in [1.807, 2.05) is 12.1 Å². The Morgan fingerprint density at radius 1 is 0.929 bits per heavy atom. The molecular weight excluding hydrogens is 356 g/mol. The highest BCUT2D eigenvalue weighted by Crippen LogP contribution is 2.36. The number of aromatic nitrogens is 1. The number of carboxylic acids is 1. The summed E-state index contributed by atoms with van der Waals surface area (Å²) in [5, 5.41) is 10.3. The van der Waals surface area contributed by atoms with E-state index in [4.69, 9.17) is 5.73 Å². The summed E-state index contributed by atoms with van der Waals surface area (Å²) in [6.07, 6.45) is 5.95. The highest BCUT2D eigenvalue weighted by molar-refractivity contribution is 6.43. The highest BCUT2D eigenvalue weighted by Gasteiger charge is 2.25. The summed E-state index contributed by atoms with van der Waals surface area (Å²) in [5.74, 6) is -2.58. The van der Waals surface area contributed by atoms with Gasteiger partial charge in [-0.2, -0.15) is 0 Å². The Morgan fingerprint density at radius 3 is 2.07 bits per heavy atom. The minimum absolute atomic E-state index is 0.0890. The maximum absolute atomic E-state index is 12.4. The number of amides is 1. The molecule has 0 aliphatic heterocycles. The van der Waals surface area contributed by atoms with E-state index >= 15 is 0 Å². The van der Waals surface area contributed by atoms with Crippen LogP contribution < -0.4 is 5.73 Å². The van der Waals surface area contributed by atoms with Gasteiger partial charge in [0.15, 0.2) is 0 Å². The number of carbonyl (C=O) groups excluding carboxylic acids is 2. The fourth-order valence-electron chi connectivity index (χ4n) is 4.52. The summed E-state index contributed by atoms with van der Waals surface area (Å²) >= 11 is 0. The van der Waals surface area contributed by atoms with Gasteiger partial charge < -0.3 is 15.4 Å². The zero-order chi connectivity index (χ0) is 19.8. The van der Waals surface area contributed by atoms with Crippen molar-refractivity contribution in [2.75, 3.05) is 0 Å². The standard InChI is InChI=1S/C22H22N2O4/c23-21(26)15-9-5-11-17-19(15)18-14(20(25)22(27)28)8-4-10-16(18)24(17)12-13-6-2-1-3-7-13/h4-5,8-11,13H,1-3,6-7,12H2,(H2,23,26)(H,27,28). The number of ketones is 1. The molecule has 28 heavy (non-hydrogen) atoms. The molecule has 1 aliphatic carbocycles. The van der Waals surface area contributed by atoms with Gasteiger partial charge in [-0.15, -0.1) is 0 Å². The minimum Gasteiger partial charge on any atom is -0.475 e. The van der Waals surface area contributed by atoms with Gasteiger partial charge in [-0.25, -0.2) is 4.79 Å². The molecule has 0 atom stereocenters. The molecule has 0 radical (unpaired) electrons. The van der Waals surface area contributed by atoms with Crippen molar-refractivity contribution < 1.29 is 19.5 Å². The van der Waals surface area contributed by atoms with E-state index in [1.165, 1.54) is 25.3 Å². The number of benzene rings is 2. The summed E-state index contributed by atoms with van der Waals surface area (Å²) in [6.45, 7) is 0.771. The second kappa shape index (κ2) is 7.11. The van der Waals surface area contributed by atoms with Crippen LogP contribution >= 0.6 is 0 Å². The lowest BCUT2D eigenvalue weighted by Gasteiger charge is -2.23. The molecule has 4 rings (SSSR count). The quantitative estimate of drug-likeness (QED) is 0.521. The Kier molecular flexibility index (Phi) is 4.63. The van der Waals surface area contributed by atoms with Crippen molar-refractivity contribution >= 4 is 39.5 Å². The molecule has 1 saturated carbocycles. The molecular formula is C22H22N2O4. The van der Waals surface area contributed by atoms with Gasteiger partial charge in [-0.3, -0.25) is 9.59 Å². The topological polar surface area (TPSA) is 102 Å². The molecule has 0 saturated heterocycles. The lowest BCUT2D eigenvalue weighted by molar-refractivity contribution is -0.131. The van der Waals surface area contributed by atoms with Crippen LogP contribution in [0.5, 0.6) is 0 Å². The number of hydrogen-bond donors (Lipinski definition) is 2. The van der Waals surface area contributed by atoms with Crippen LogP contribution in [0.25, 0.3) is 21.8 Å². The van der Waals surface area contributed by atoms with E-state index in [9.17, 15) is 19.5 Å². The van der Waals surface area contributed by atoms with Gasteiger partial charge in [0, 0.05) is 39.5 Å². The molecule has 2 aromatic carbocycles. The van der Waals surface area contributed by atoms with Crippen LogP contribution in [0.2, 0.25) is 0 Å². The second-order valence-electron chi connectivity index (χ2n) is 7.51. The van der Waals surface area contributed by atoms with E-state index in [0.29, 0.717) is 22.3 Å². The summed E-state index contributed by atoms with van der Waals surface area (Å²) in [4.78, 5) is 35.8. The molecule has 1 aliphatic rings. The van der Waals surface area contributed by atoms with Crippen molar-refractivity contribution in [3.63, 3.8) is 0 Å². The first-order chi connectivity index (χ1) is 13.5. The summed E-state index contributed by atoms with van der Waals surface area (Å²) < 4.78 is 2.12. The third-order valence-electron chi connectivity index (χ3n) is 5.79. The fraction of sp³-hybridized carbons (Fsp3) is 0.318. The number of nitrogens with two attached hydrogens (primary N) is 1. The predicted molar refractivity (Wildman–Crippen MR) is 107 cm³/mol. The van der Waals surface area contributed by atoms with Crippen molar-refractivity contribution in [2.24, 2.45) is 11.7 Å². The lowest BCUT2D eigenvalue weighted by atomic mass is 9.89. The Morgan fingerprint density at radius 2 is 1.50 bits per heavy atom. The normalized spacial score (nSPS) is 15.1. The van der Waals surface area contributed by atoms with Gasteiger partial charge in [0.25, 0.3) is 5.78 Å². The fourth-order valence-corrected chi connectivity index (χ4v) is 4.52.